The SMILES string of the molecule is CCOCCC(=O)N(CCN)C1CCCCC1. The van der Waals surface area contributed by atoms with E-state index in [1.54, 1.807) is 0 Å². The number of amides is 1. The van der Waals surface area contributed by atoms with Gasteiger partial charge >= 0.3 is 0 Å². The van der Waals surface area contributed by atoms with Gasteiger partial charge in [-0.3, -0.25) is 4.79 Å². The van der Waals surface area contributed by atoms with Crippen molar-refractivity contribution in [1.29, 1.82) is 0 Å². The fourth-order valence-corrected chi connectivity index (χ4v) is 2.49. The number of ether oxygens (including phenoxy) is 1. The molecule has 1 amide bonds. The van der Waals surface area contributed by atoms with E-state index in [9.17, 15) is 4.79 Å². The molecule has 0 bridgehead atoms. The minimum absolute atomic E-state index is 0.204. The molecule has 0 unspecified atom stereocenters. The van der Waals surface area contributed by atoms with Gasteiger partial charge in [-0.25, -0.2) is 0 Å². The van der Waals surface area contributed by atoms with Crippen LogP contribution >= 0.6 is 0 Å². The number of carbonyl (C=O) groups is 1. The number of nitrogens with zero attached hydrogens (tertiary/aromatic N) is 1. The molecule has 0 atom stereocenters. The van der Waals surface area contributed by atoms with E-state index in [0.717, 1.165) is 12.8 Å². The van der Waals surface area contributed by atoms with Gasteiger partial charge in [-0.1, -0.05) is 19.3 Å². The van der Waals surface area contributed by atoms with Crippen LogP contribution in [-0.4, -0.2) is 43.2 Å². The Labute approximate surface area is 104 Å². The molecule has 0 aromatic carbocycles. The summed E-state index contributed by atoms with van der Waals surface area (Å²) in [6, 6.07) is 0.418. The smallest absolute Gasteiger partial charge is 0.225 e. The Balaban J connectivity index is 2.42. The highest BCUT2D eigenvalue weighted by Gasteiger charge is 2.24. The van der Waals surface area contributed by atoms with E-state index >= 15 is 0 Å². The Bertz CT molecular complexity index is 215. The highest BCUT2D eigenvalue weighted by Crippen LogP contribution is 2.22. The number of carbonyl (C=O) groups excluding carboxylic acids is 1. The topological polar surface area (TPSA) is 55.6 Å². The molecule has 100 valence electrons. The number of nitrogens with two attached hydrogens (primary N) is 1. The fraction of sp³-hybridized carbons (Fsp3) is 0.923. The minimum atomic E-state index is 0.204. The standard InChI is InChI=1S/C13H26N2O2/c1-2-17-11-8-13(16)15(10-9-14)12-6-4-3-5-7-12/h12H,2-11,14H2,1H3. The Morgan fingerprint density at radius 3 is 2.65 bits per heavy atom. The molecule has 0 aromatic rings. The van der Waals surface area contributed by atoms with Gasteiger partial charge in [-0.15, -0.1) is 0 Å². The predicted molar refractivity (Wildman–Crippen MR) is 68.8 cm³/mol. The lowest BCUT2D eigenvalue weighted by Crippen LogP contribution is -2.44. The lowest BCUT2D eigenvalue weighted by molar-refractivity contribution is -0.135. The minimum Gasteiger partial charge on any atom is -0.381 e. The van der Waals surface area contributed by atoms with Crippen LogP contribution in [0.1, 0.15) is 45.4 Å². The Kier molecular flexibility index (Phi) is 7.21. The second kappa shape index (κ2) is 8.48. The molecule has 1 aliphatic carbocycles. The van der Waals surface area contributed by atoms with Crippen molar-refractivity contribution in [2.45, 2.75) is 51.5 Å². The maximum absolute atomic E-state index is 12.1. The lowest BCUT2D eigenvalue weighted by atomic mass is 9.94. The summed E-state index contributed by atoms with van der Waals surface area (Å²) in [7, 11) is 0. The lowest BCUT2D eigenvalue weighted by Gasteiger charge is -2.34. The highest BCUT2D eigenvalue weighted by atomic mass is 16.5. The summed E-state index contributed by atoms with van der Waals surface area (Å²) in [4.78, 5) is 14.1. The number of hydrogen-bond donors (Lipinski definition) is 1. The van der Waals surface area contributed by atoms with E-state index in [1.807, 2.05) is 11.8 Å². The summed E-state index contributed by atoms with van der Waals surface area (Å²) in [5.41, 5.74) is 5.60. The molecule has 1 aliphatic rings. The maximum atomic E-state index is 12.1. The van der Waals surface area contributed by atoms with Gasteiger partial charge in [0, 0.05) is 25.7 Å². The van der Waals surface area contributed by atoms with E-state index in [2.05, 4.69) is 0 Å². The third-order valence-electron chi connectivity index (χ3n) is 3.37. The van der Waals surface area contributed by atoms with Gasteiger partial charge < -0.3 is 15.4 Å². The van der Waals surface area contributed by atoms with Crippen LogP contribution in [0.25, 0.3) is 0 Å². The van der Waals surface area contributed by atoms with Gasteiger partial charge in [0.15, 0.2) is 0 Å². The largest absolute Gasteiger partial charge is 0.381 e. The van der Waals surface area contributed by atoms with Crippen LogP contribution in [-0.2, 0) is 9.53 Å². The molecule has 1 saturated carbocycles. The van der Waals surface area contributed by atoms with Crippen LogP contribution in [0.3, 0.4) is 0 Å². The molecule has 0 spiro atoms. The molecule has 4 nitrogen and oxygen atoms in total. The van der Waals surface area contributed by atoms with Crippen LogP contribution in [0.15, 0.2) is 0 Å². The quantitative estimate of drug-likeness (QED) is 0.689. The Hall–Kier alpha value is -0.610. The third kappa shape index (κ3) is 5.04. The average Bonchev–Trinajstić information content (AvgIpc) is 2.37. The Morgan fingerprint density at radius 2 is 2.06 bits per heavy atom. The van der Waals surface area contributed by atoms with E-state index in [-0.39, 0.29) is 5.91 Å². The number of rotatable bonds is 7. The molecular formula is C13H26N2O2. The number of hydrogen-bond acceptors (Lipinski definition) is 3. The predicted octanol–water partition coefficient (Wildman–Crippen LogP) is 1.53. The summed E-state index contributed by atoms with van der Waals surface area (Å²) in [5, 5.41) is 0. The van der Waals surface area contributed by atoms with Crippen molar-refractivity contribution >= 4 is 5.91 Å². The summed E-state index contributed by atoms with van der Waals surface area (Å²) in [6.45, 7) is 4.40. The van der Waals surface area contributed by atoms with Crippen LogP contribution < -0.4 is 5.73 Å². The normalized spacial score (nSPS) is 17.1. The average molecular weight is 242 g/mol. The van der Waals surface area contributed by atoms with Crippen molar-refractivity contribution < 1.29 is 9.53 Å². The molecule has 17 heavy (non-hydrogen) atoms. The molecule has 1 fully saturated rings. The first kappa shape index (κ1) is 14.5. The van der Waals surface area contributed by atoms with Crippen LogP contribution in [0.4, 0.5) is 0 Å². The first-order chi connectivity index (χ1) is 8.29. The molecule has 0 aromatic heterocycles. The molecule has 1 rings (SSSR count). The van der Waals surface area contributed by atoms with Crippen LogP contribution in [0.2, 0.25) is 0 Å². The second-order valence-corrected chi connectivity index (χ2v) is 4.61. The van der Waals surface area contributed by atoms with Crippen LogP contribution in [0.5, 0.6) is 0 Å². The van der Waals surface area contributed by atoms with Gasteiger partial charge in [0.25, 0.3) is 0 Å². The Morgan fingerprint density at radius 1 is 1.35 bits per heavy atom. The van der Waals surface area contributed by atoms with Crippen molar-refractivity contribution in [3.8, 4) is 0 Å². The molecular weight excluding hydrogens is 216 g/mol. The fourth-order valence-electron chi connectivity index (χ4n) is 2.49. The van der Waals surface area contributed by atoms with Crippen molar-refractivity contribution in [1.82, 2.24) is 4.90 Å². The first-order valence-corrected chi connectivity index (χ1v) is 6.86. The van der Waals surface area contributed by atoms with Gasteiger partial charge in [0.2, 0.25) is 5.91 Å². The van der Waals surface area contributed by atoms with Crippen LogP contribution in [0, 0.1) is 0 Å². The van der Waals surface area contributed by atoms with Crippen molar-refractivity contribution in [2.24, 2.45) is 5.73 Å². The first-order valence-electron chi connectivity index (χ1n) is 6.86. The summed E-state index contributed by atoms with van der Waals surface area (Å²) in [5.74, 6) is 0.204. The highest BCUT2D eigenvalue weighted by molar-refractivity contribution is 5.76. The third-order valence-corrected chi connectivity index (χ3v) is 3.37. The van der Waals surface area contributed by atoms with Crippen molar-refractivity contribution in [3.63, 3.8) is 0 Å². The van der Waals surface area contributed by atoms with E-state index in [1.165, 1.54) is 19.3 Å². The van der Waals surface area contributed by atoms with Crippen molar-refractivity contribution in [3.05, 3.63) is 0 Å². The van der Waals surface area contributed by atoms with Gasteiger partial charge in [0.05, 0.1) is 13.0 Å². The van der Waals surface area contributed by atoms with Gasteiger partial charge in [-0.2, -0.15) is 0 Å². The maximum Gasteiger partial charge on any atom is 0.225 e. The monoisotopic (exact) mass is 242 g/mol. The zero-order valence-corrected chi connectivity index (χ0v) is 11.0. The van der Waals surface area contributed by atoms with E-state index in [4.69, 9.17) is 10.5 Å². The summed E-state index contributed by atoms with van der Waals surface area (Å²) in [6.07, 6.45) is 6.56. The zero-order chi connectivity index (χ0) is 12.5. The van der Waals surface area contributed by atoms with Crippen molar-refractivity contribution in [2.75, 3.05) is 26.3 Å². The zero-order valence-electron chi connectivity index (χ0n) is 11.0. The summed E-state index contributed by atoms with van der Waals surface area (Å²) < 4.78 is 5.24. The van der Waals surface area contributed by atoms with E-state index < -0.39 is 0 Å². The van der Waals surface area contributed by atoms with E-state index in [0.29, 0.717) is 38.8 Å². The molecule has 4 heteroatoms. The van der Waals surface area contributed by atoms with Gasteiger partial charge in [-0.05, 0) is 19.8 Å². The summed E-state index contributed by atoms with van der Waals surface area (Å²) >= 11 is 0. The molecule has 0 saturated heterocycles. The molecule has 0 radical (unpaired) electrons. The second-order valence-electron chi connectivity index (χ2n) is 4.61. The van der Waals surface area contributed by atoms with Gasteiger partial charge in [0.1, 0.15) is 0 Å². The molecule has 0 heterocycles. The molecule has 0 aliphatic heterocycles. The molecule has 2 N–H and O–H groups in total.